The van der Waals surface area contributed by atoms with Gasteiger partial charge in [-0.2, -0.15) is 0 Å². The van der Waals surface area contributed by atoms with Crippen molar-refractivity contribution in [3.05, 3.63) is 41.5 Å². The van der Waals surface area contributed by atoms with E-state index in [0.29, 0.717) is 6.04 Å². The Bertz CT molecular complexity index is 1080. The SMILES string of the molecule is COc1ccc2c3c(c4cc(OC)c(OC)cc4c2c1)C[C@H]1C[C@@H](O)CN1C3. The van der Waals surface area contributed by atoms with Crippen molar-refractivity contribution in [1.82, 2.24) is 4.90 Å². The highest BCUT2D eigenvalue weighted by Gasteiger charge is 2.36. The van der Waals surface area contributed by atoms with Crippen LogP contribution < -0.4 is 14.2 Å². The van der Waals surface area contributed by atoms with Gasteiger partial charge in [0.2, 0.25) is 0 Å². The van der Waals surface area contributed by atoms with Crippen molar-refractivity contribution in [2.45, 2.75) is 31.5 Å². The second-order valence-corrected chi connectivity index (χ2v) is 7.80. The molecule has 146 valence electrons. The summed E-state index contributed by atoms with van der Waals surface area (Å²) in [6, 6.07) is 10.9. The molecule has 0 aromatic heterocycles. The minimum atomic E-state index is -0.230. The van der Waals surface area contributed by atoms with E-state index in [1.807, 2.05) is 6.07 Å². The summed E-state index contributed by atoms with van der Waals surface area (Å²) in [5, 5.41) is 14.9. The number of hydrogen-bond acceptors (Lipinski definition) is 5. The van der Waals surface area contributed by atoms with Crippen molar-refractivity contribution in [3.63, 3.8) is 0 Å². The molecule has 0 unspecified atom stereocenters. The van der Waals surface area contributed by atoms with Gasteiger partial charge in [0, 0.05) is 19.1 Å². The molecular weight excluding hydrogens is 354 g/mol. The molecule has 0 amide bonds. The lowest BCUT2D eigenvalue weighted by Crippen LogP contribution is -2.35. The van der Waals surface area contributed by atoms with E-state index in [0.717, 1.165) is 54.0 Å². The maximum absolute atomic E-state index is 10.2. The number of hydrogen-bond donors (Lipinski definition) is 1. The molecule has 3 aromatic rings. The number of rotatable bonds is 3. The molecule has 0 bridgehead atoms. The average molecular weight is 379 g/mol. The van der Waals surface area contributed by atoms with E-state index < -0.39 is 0 Å². The van der Waals surface area contributed by atoms with Gasteiger partial charge in [-0.05, 0) is 69.8 Å². The third-order valence-corrected chi connectivity index (χ3v) is 6.36. The first-order valence-corrected chi connectivity index (χ1v) is 9.72. The molecule has 5 nitrogen and oxygen atoms in total. The number of nitrogens with zero attached hydrogens (tertiary/aromatic N) is 1. The van der Waals surface area contributed by atoms with Crippen LogP contribution in [0.15, 0.2) is 30.3 Å². The van der Waals surface area contributed by atoms with Gasteiger partial charge in [0.25, 0.3) is 0 Å². The molecule has 28 heavy (non-hydrogen) atoms. The van der Waals surface area contributed by atoms with Crippen molar-refractivity contribution in [3.8, 4) is 17.2 Å². The van der Waals surface area contributed by atoms with Crippen LogP contribution in [0.2, 0.25) is 0 Å². The zero-order valence-electron chi connectivity index (χ0n) is 16.5. The topological polar surface area (TPSA) is 51.2 Å². The van der Waals surface area contributed by atoms with Gasteiger partial charge < -0.3 is 19.3 Å². The summed E-state index contributed by atoms with van der Waals surface area (Å²) in [5.74, 6) is 2.31. The van der Waals surface area contributed by atoms with Gasteiger partial charge in [0.15, 0.2) is 11.5 Å². The van der Waals surface area contributed by atoms with Crippen LogP contribution in [0.1, 0.15) is 17.5 Å². The Balaban J connectivity index is 1.85. The Kier molecular flexibility index (Phi) is 4.11. The fourth-order valence-corrected chi connectivity index (χ4v) is 5.03. The summed E-state index contributed by atoms with van der Waals surface area (Å²) in [6.45, 7) is 1.62. The molecule has 2 aliphatic rings. The molecular formula is C23H25NO4. The highest BCUT2D eigenvalue weighted by molar-refractivity contribution is 6.12. The van der Waals surface area contributed by atoms with Crippen molar-refractivity contribution in [1.29, 1.82) is 0 Å². The third-order valence-electron chi connectivity index (χ3n) is 6.36. The molecule has 0 spiro atoms. The van der Waals surface area contributed by atoms with Gasteiger partial charge in [-0.15, -0.1) is 0 Å². The number of aliphatic hydroxyl groups excluding tert-OH is 1. The predicted octanol–water partition coefficient (Wildman–Crippen LogP) is 3.51. The van der Waals surface area contributed by atoms with Crippen LogP contribution in [-0.2, 0) is 13.0 Å². The lowest BCUT2D eigenvalue weighted by Gasteiger charge is -2.33. The van der Waals surface area contributed by atoms with E-state index >= 15 is 0 Å². The largest absolute Gasteiger partial charge is 0.497 e. The number of methoxy groups -OCH3 is 3. The highest BCUT2D eigenvalue weighted by atomic mass is 16.5. The second kappa shape index (κ2) is 6.54. The summed E-state index contributed by atoms with van der Waals surface area (Å²) in [6.07, 6.45) is 1.56. The van der Waals surface area contributed by atoms with Crippen LogP contribution in [-0.4, -0.2) is 50.0 Å². The van der Waals surface area contributed by atoms with E-state index in [9.17, 15) is 5.11 Å². The molecule has 2 atom stereocenters. The van der Waals surface area contributed by atoms with E-state index in [4.69, 9.17) is 14.2 Å². The number of fused-ring (bicyclic) bond motifs is 7. The molecule has 5 rings (SSSR count). The Morgan fingerprint density at radius 2 is 1.57 bits per heavy atom. The monoisotopic (exact) mass is 379 g/mol. The molecule has 0 radical (unpaired) electrons. The maximum Gasteiger partial charge on any atom is 0.161 e. The number of aliphatic hydroxyl groups is 1. The Labute approximate surface area is 164 Å². The standard InChI is InChI=1S/C23H25NO4/c1-26-15-4-5-16-18(8-15)20-10-23(28-3)22(27-2)9-19(20)17-7-13-6-14(25)11-24(13)12-21(16)17/h4-5,8-10,13-14,25H,6-7,11-12H2,1-3H3/t13-,14-/m1/s1. The van der Waals surface area contributed by atoms with Gasteiger partial charge in [0.05, 0.1) is 27.4 Å². The minimum absolute atomic E-state index is 0.230. The van der Waals surface area contributed by atoms with E-state index in [1.165, 1.54) is 21.9 Å². The quantitative estimate of drug-likeness (QED) is 0.706. The van der Waals surface area contributed by atoms with Crippen LogP contribution in [0, 0.1) is 0 Å². The van der Waals surface area contributed by atoms with Gasteiger partial charge in [-0.1, -0.05) is 6.07 Å². The molecule has 2 aliphatic heterocycles. The molecule has 1 fully saturated rings. The Morgan fingerprint density at radius 3 is 2.29 bits per heavy atom. The van der Waals surface area contributed by atoms with Crippen molar-refractivity contribution in [2.75, 3.05) is 27.9 Å². The second-order valence-electron chi connectivity index (χ2n) is 7.80. The van der Waals surface area contributed by atoms with Crippen molar-refractivity contribution < 1.29 is 19.3 Å². The van der Waals surface area contributed by atoms with Crippen molar-refractivity contribution >= 4 is 21.5 Å². The van der Waals surface area contributed by atoms with E-state index in [2.05, 4.69) is 29.2 Å². The zero-order chi connectivity index (χ0) is 19.4. The van der Waals surface area contributed by atoms with Crippen LogP contribution >= 0.6 is 0 Å². The predicted molar refractivity (Wildman–Crippen MR) is 110 cm³/mol. The summed E-state index contributed by atoms with van der Waals surface area (Å²) in [5.41, 5.74) is 2.71. The summed E-state index contributed by atoms with van der Waals surface area (Å²) >= 11 is 0. The summed E-state index contributed by atoms with van der Waals surface area (Å²) < 4.78 is 16.7. The summed E-state index contributed by atoms with van der Waals surface area (Å²) in [4.78, 5) is 2.42. The molecule has 1 N–H and O–H groups in total. The fraction of sp³-hybridized carbons (Fsp3) is 0.391. The number of ether oxygens (including phenoxy) is 3. The Hall–Kier alpha value is -2.50. The van der Waals surface area contributed by atoms with Gasteiger partial charge in [-0.3, -0.25) is 4.90 Å². The van der Waals surface area contributed by atoms with Crippen molar-refractivity contribution in [2.24, 2.45) is 0 Å². The third kappa shape index (κ3) is 2.54. The lowest BCUT2D eigenvalue weighted by molar-refractivity contribution is 0.171. The first-order valence-electron chi connectivity index (χ1n) is 9.72. The number of benzene rings is 3. The fourth-order valence-electron chi connectivity index (χ4n) is 5.03. The van der Waals surface area contributed by atoms with Crippen LogP contribution in [0.3, 0.4) is 0 Å². The summed E-state index contributed by atoms with van der Waals surface area (Å²) in [7, 11) is 5.04. The van der Waals surface area contributed by atoms with Gasteiger partial charge in [-0.25, -0.2) is 0 Å². The highest BCUT2D eigenvalue weighted by Crippen LogP contribution is 2.44. The molecule has 5 heteroatoms. The normalized spacial score (nSPS) is 21.6. The Morgan fingerprint density at radius 1 is 0.857 bits per heavy atom. The molecule has 0 aliphatic carbocycles. The molecule has 1 saturated heterocycles. The first kappa shape index (κ1) is 17.6. The van der Waals surface area contributed by atoms with Gasteiger partial charge >= 0.3 is 0 Å². The van der Waals surface area contributed by atoms with E-state index in [1.54, 1.807) is 21.3 Å². The smallest absolute Gasteiger partial charge is 0.161 e. The maximum atomic E-state index is 10.2. The van der Waals surface area contributed by atoms with Gasteiger partial charge in [0.1, 0.15) is 5.75 Å². The first-order chi connectivity index (χ1) is 13.6. The lowest BCUT2D eigenvalue weighted by atomic mass is 9.85. The van der Waals surface area contributed by atoms with E-state index in [-0.39, 0.29) is 6.10 Å². The molecule has 3 aromatic carbocycles. The molecule has 0 saturated carbocycles. The minimum Gasteiger partial charge on any atom is -0.497 e. The average Bonchev–Trinajstić information content (AvgIpc) is 3.10. The van der Waals surface area contributed by atoms with Crippen LogP contribution in [0.25, 0.3) is 21.5 Å². The van der Waals surface area contributed by atoms with Crippen LogP contribution in [0.5, 0.6) is 17.2 Å². The zero-order valence-corrected chi connectivity index (χ0v) is 16.5. The van der Waals surface area contributed by atoms with Crippen LogP contribution in [0.4, 0.5) is 0 Å². The molecule has 2 heterocycles.